The first-order valence-electron chi connectivity index (χ1n) is 4.23. The first-order valence-corrected chi connectivity index (χ1v) is 4.23. The number of fused-ring (bicyclic) bond motifs is 1. The van der Waals surface area contributed by atoms with Crippen molar-refractivity contribution in [3.63, 3.8) is 0 Å². The van der Waals surface area contributed by atoms with E-state index >= 15 is 0 Å². The Kier molecular flexibility index (Phi) is 2.17. The molecule has 15 heavy (non-hydrogen) atoms. The van der Waals surface area contributed by atoms with Crippen molar-refractivity contribution in [2.75, 3.05) is 5.73 Å². The van der Waals surface area contributed by atoms with Gasteiger partial charge in [0.1, 0.15) is 6.61 Å². The van der Waals surface area contributed by atoms with Crippen LogP contribution < -0.4 is 11.5 Å². The van der Waals surface area contributed by atoms with Crippen LogP contribution >= 0.6 is 0 Å². The monoisotopic (exact) mass is 207 g/mol. The van der Waals surface area contributed by atoms with E-state index in [0.717, 1.165) is 10.9 Å². The summed E-state index contributed by atoms with van der Waals surface area (Å²) in [5, 5.41) is 4.34. The van der Waals surface area contributed by atoms with E-state index < -0.39 is 6.09 Å². The third-order valence-corrected chi connectivity index (χ3v) is 1.95. The zero-order chi connectivity index (χ0) is 10.8. The third-order valence-electron chi connectivity index (χ3n) is 1.95. The van der Waals surface area contributed by atoms with Crippen molar-refractivity contribution in [2.24, 2.45) is 5.73 Å². The lowest BCUT2D eigenvalue weighted by Gasteiger charge is -2.00. The topological polar surface area (TPSA) is 104 Å². The van der Waals surface area contributed by atoms with Crippen LogP contribution in [0.4, 0.5) is 10.6 Å². The van der Waals surface area contributed by atoms with E-state index in [9.17, 15) is 4.79 Å². The van der Waals surface area contributed by atoms with Crippen LogP contribution in [0.3, 0.4) is 0 Å². The molecule has 0 aliphatic carbocycles. The minimum atomic E-state index is -0.813. The predicted octanol–water partition coefficient (Wildman–Crippen LogP) is 1.01. The van der Waals surface area contributed by atoms with Crippen molar-refractivity contribution in [1.82, 2.24) is 5.16 Å². The largest absolute Gasteiger partial charge is 0.445 e. The summed E-state index contributed by atoms with van der Waals surface area (Å²) in [6.45, 7) is 0.103. The number of ether oxygens (including phenoxy) is 1. The van der Waals surface area contributed by atoms with Crippen LogP contribution in [0.2, 0.25) is 0 Å². The molecule has 2 aromatic rings. The fourth-order valence-electron chi connectivity index (χ4n) is 1.25. The predicted molar refractivity (Wildman–Crippen MR) is 52.8 cm³/mol. The summed E-state index contributed by atoms with van der Waals surface area (Å²) < 4.78 is 9.58. The van der Waals surface area contributed by atoms with Crippen molar-refractivity contribution in [2.45, 2.75) is 6.61 Å². The molecule has 0 unspecified atom stereocenters. The Morgan fingerprint density at radius 1 is 1.53 bits per heavy atom. The second-order valence-electron chi connectivity index (χ2n) is 3.01. The van der Waals surface area contributed by atoms with Gasteiger partial charge in [-0.1, -0.05) is 11.2 Å². The summed E-state index contributed by atoms with van der Waals surface area (Å²) in [7, 11) is 0. The number of nitrogen functional groups attached to an aromatic ring is 1. The van der Waals surface area contributed by atoms with Crippen LogP contribution in [0, 0.1) is 0 Å². The molecule has 1 heterocycles. The quantitative estimate of drug-likeness (QED) is 0.764. The average molecular weight is 207 g/mol. The normalized spacial score (nSPS) is 10.4. The molecule has 0 atom stereocenters. The van der Waals surface area contributed by atoms with Crippen molar-refractivity contribution >= 4 is 22.9 Å². The fourth-order valence-corrected chi connectivity index (χ4v) is 1.25. The number of nitrogens with two attached hydrogens (primary N) is 2. The van der Waals surface area contributed by atoms with Crippen molar-refractivity contribution in [1.29, 1.82) is 0 Å². The Labute approximate surface area is 84.8 Å². The summed E-state index contributed by atoms with van der Waals surface area (Å²) >= 11 is 0. The Morgan fingerprint density at radius 3 is 3.07 bits per heavy atom. The lowest BCUT2D eigenvalue weighted by Crippen LogP contribution is -2.12. The lowest BCUT2D eigenvalue weighted by molar-refractivity contribution is 0.150. The second-order valence-corrected chi connectivity index (χ2v) is 3.01. The Balaban J connectivity index is 2.27. The molecule has 0 fully saturated rings. The number of aromatic nitrogens is 1. The van der Waals surface area contributed by atoms with Crippen LogP contribution in [0.5, 0.6) is 0 Å². The zero-order valence-electron chi connectivity index (χ0n) is 7.77. The molecular weight excluding hydrogens is 198 g/mol. The van der Waals surface area contributed by atoms with Gasteiger partial charge in [0.25, 0.3) is 0 Å². The molecule has 6 nitrogen and oxygen atoms in total. The van der Waals surface area contributed by atoms with Gasteiger partial charge in [-0.2, -0.15) is 0 Å². The Hall–Kier alpha value is -2.24. The van der Waals surface area contributed by atoms with Crippen molar-refractivity contribution in [3.05, 3.63) is 23.8 Å². The summed E-state index contributed by atoms with van der Waals surface area (Å²) in [6, 6.07) is 5.21. The number of hydrogen-bond donors (Lipinski definition) is 2. The summed E-state index contributed by atoms with van der Waals surface area (Å²) in [6.07, 6.45) is -0.813. The van der Waals surface area contributed by atoms with Crippen LogP contribution in [0.25, 0.3) is 11.0 Å². The number of rotatable bonds is 2. The number of hydrogen-bond acceptors (Lipinski definition) is 5. The highest BCUT2D eigenvalue weighted by molar-refractivity contribution is 5.87. The first-order chi connectivity index (χ1) is 7.16. The Bertz CT molecular complexity index is 506. The molecule has 6 heteroatoms. The van der Waals surface area contributed by atoms with E-state index in [4.69, 9.17) is 16.0 Å². The molecule has 1 amide bonds. The number of nitrogens with zero attached hydrogens (tertiary/aromatic N) is 1. The van der Waals surface area contributed by atoms with Gasteiger partial charge in [-0.25, -0.2) is 4.79 Å². The maximum Gasteiger partial charge on any atom is 0.404 e. The number of carbonyl (C=O) groups is 1. The SMILES string of the molecule is NC(=O)OCc1ccc2c(N)noc2c1. The van der Waals surface area contributed by atoms with Gasteiger partial charge in [-0.05, 0) is 17.7 Å². The summed E-state index contributed by atoms with van der Waals surface area (Å²) in [5.41, 5.74) is 11.7. The number of anilines is 1. The van der Waals surface area contributed by atoms with Gasteiger partial charge in [-0.15, -0.1) is 0 Å². The van der Waals surface area contributed by atoms with E-state index in [-0.39, 0.29) is 6.61 Å². The first kappa shape index (κ1) is 9.32. The molecule has 0 saturated heterocycles. The van der Waals surface area contributed by atoms with Crippen molar-refractivity contribution in [3.8, 4) is 0 Å². The standard InChI is InChI=1S/C9H9N3O3/c10-8-6-2-1-5(4-14-9(11)13)3-7(6)15-12-8/h1-3H,4H2,(H2,10,12)(H2,11,13). The zero-order valence-corrected chi connectivity index (χ0v) is 7.77. The van der Waals surface area contributed by atoms with Crippen LogP contribution in [-0.4, -0.2) is 11.2 Å². The molecule has 0 bridgehead atoms. The smallest absolute Gasteiger partial charge is 0.404 e. The Morgan fingerprint density at radius 2 is 2.33 bits per heavy atom. The van der Waals surface area contributed by atoms with Crippen LogP contribution in [-0.2, 0) is 11.3 Å². The van der Waals surface area contributed by atoms with E-state index in [2.05, 4.69) is 9.89 Å². The highest BCUT2D eigenvalue weighted by Crippen LogP contribution is 2.21. The molecule has 0 aliphatic rings. The van der Waals surface area contributed by atoms with Gasteiger partial charge in [0, 0.05) is 0 Å². The number of amides is 1. The molecular formula is C9H9N3O3. The fraction of sp³-hybridized carbons (Fsp3) is 0.111. The summed E-state index contributed by atoms with van der Waals surface area (Å²) in [4.78, 5) is 10.4. The number of benzene rings is 1. The third kappa shape index (κ3) is 1.83. The minimum absolute atomic E-state index is 0.103. The molecule has 1 aromatic carbocycles. The van der Waals surface area contributed by atoms with Crippen molar-refractivity contribution < 1.29 is 14.1 Å². The average Bonchev–Trinajstić information content (AvgIpc) is 2.57. The highest BCUT2D eigenvalue weighted by Gasteiger charge is 2.06. The molecule has 0 spiro atoms. The number of carbonyl (C=O) groups excluding carboxylic acids is 1. The van der Waals surface area contributed by atoms with E-state index in [1.807, 2.05) is 0 Å². The lowest BCUT2D eigenvalue weighted by atomic mass is 10.2. The maximum absolute atomic E-state index is 10.4. The number of primary amides is 1. The molecule has 4 N–H and O–H groups in total. The maximum atomic E-state index is 10.4. The molecule has 0 radical (unpaired) electrons. The van der Waals surface area contributed by atoms with Gasteiger partial charge in [0.05, 0.1) is 5.39 Å². The van der Waals surface area contributed by atoms with E-state index in [1.165, 1.54) is 0 Å². The molecule has 2 rings (SSSR count). The minimum Gasteiger partial charge on any atom is -0.445 e. The molecule has 1 aromatic heterocycles. The summed E-state index contributed by atoms with van der Waals surface area (Å²) in [5.74, 6) is 0.340. The molecule has 0 aliphatic heterocycles. The van der Waals surface area contributed by atoms with Gasteiger partial charge in [0.2, 0.25) is 0 Å². The van der Waals surface area contributed by atoms with E-state index in [0.29, 0.717) is 11.4 Å². The molecule has 0 saturated carbocycles. The van der Waals surface area contributed by atoms with E-state index in [1.54, 1.807) is 18.2 Å². The van der Waals surface area contributed by atoms with Crippen LogP contribution in [0.15, 0.2) is 22.7 Å². The van der Waals surface area contributed by atoms with Gasteiger partial charge in [0.15, 0.2) is 11.4 Å². The van der Waals surface area contributed by atoms with Gasteiger partial charge >= 0.3 is 6.09 Å². The van der Waals surface area contributed by atoms with Gasteiger partial charge in [-0.3, -0.25) is 0 Å². The molecule has 78 valence electrons. The van der Waals surface area contributed by atoms with Gasteiger partial charge < -0.3 is 20.7 Å². The highest BCUT2D eigenvalue weighted by atomic mass is 16.5. The van der Waals surface area contributed by atoms with Crippen LogP contribution in [0.1, 0.15) is 5.56 Å². The second kappa shape index (κ2) is 3.49.